The lowest BCUT2D eigenvalue weighted by Crippen LogP contribution is -2.27. The molecule has 4 aromatic rings. The number of carbonyl (C=O) groups excluding carboxylic acids is 1. The van der Waals surface area contributed by atoms with Crippen molar-refractivity contribution in [2.24, 2.45) is 0 Å². The van der Waals surface area contributed by atoms with Crippen LogP contribution in [-0.2, 0) is 6.42 Å². The number of hydrogen-bond donors (Lipinski definition) is 1. The van der Waals surface area contributed by atoms with Crippen molar-refractivity contribution in [2.45, 2.75) is 6.42 Å². The predicted octanol–water partition coefficient (Wildman–Crippen LogP) is 4.15. The number of carbonyl (C=O) groups is 1. The van der Waals surface area contributed by atoms with Crippen LogP contribution < -0.4 is 14.8 Å². The van der Waals surface area contributed by atoms with Crippen molar-refractivity contribution < 1.29 is 14.3 Å². The maximum Gasteiger partial charge on any atom is 0.272 e. The minimum atomic E-state index is -0.300. The van der Waals surface area contributed by atoms with Crippen molar-refractivity contribution in [1.82, 2.24) is 20.3 Å². The van der Waals surface area contributed by atoms with Crippen LogP contribution in [0.25, 0.3) is 20.9 Å². The van der Waals surface area contributed by atoms with Gasteiger partial charge in [0.25, 0.3) is 5.91 Å². The zero-order valence-corrected chi connectivity index (χ0v) is 17.9. The molecule has 0 unspecified atom stereocenters. The summed E-state index contributed by atoms with van der Waals surface area (Å²) in [5.74, 6) is 0.902. The Kier molecular flexibility index (Phi) is 5.40. The fourth-order valence-corrected chi connectivity index (χ4v) is 4.60. The fourth-order valence-electron chi connectivity index (χ4n) is 3.35. The summed E-state index contributed by atoms with van der Waals surface area (Å²) >= 11 is 7.77. The molecule has 0 fully saturated rings. The van der Waals surface area contributed by atoms with E-state index < -0.39 is 0 Å². The summed E-state index contributed by atoms with van der Waals surface area (Å²) in [6.45, 7) is 1.38. The number of thiazole rings is 1. The SMILES string of the molecule is O=C(NCCc1cc(Cl)c2c(c1)OCCO2)c1nccnc1-c1nc2ccccc2s1. The number of aromatic nitrogens is 3. The highest BCUT2D eigenvalue weighted by Crippen LogP contribution is 2.38. The molecule has 31 heavy (non-hydrogen) atoms. The van der Waals surface area contributed by atoms with Crippen molar-refractivity contribution in [3.8, 4) is 22.2 Å². The van der Waals surface area contributed by atoms with Crippen molar-refractivity contribution in [3.63, 3.8) is 0 Å². The van der Waals surface area contributed by atoms with Gasteiger partial charge in [-0.1, -0.05) is 23.7 Å². The highest BCUT2D eigenvalue weighted by atomic mass is 35.5. The second-order valence-corrected chi connectivity index (χ2v) is 8.29. The first-order chi connectivity index (χ1) is 15.2. The monoisotopic (exact) mass is 452 g/mol. The van der Waals surface area contributed by atoms with Crippen LogP contribution in [0.1, 0.15) is 16.1 Å². The molecule has 0 atom stereocenters. The smallest absolute Gasteiger partial charge is 0.272 e. The first kappa shape index (κ1) is 19.7. The van der Waals surface area contributed by atoms with Crippen molar-refractivity contribution in [2.75, 3.05) is 19.8 Å². The van der Waals surface area contributed by atoms with Crippen molar-refractivity contribution in [3.05, 3.63) is 65.1 Å². The van der Waals surface area contributed by atoms with E-state index in [-0.39, 0.29) is 11.6 Å². The number of para-hydroxylation sites is 1. The van der Waals surface area contributed by atoms with Crippen LogP contribution in [0, 0.1) is 0 Å². The Balaban J connectivity index is 1.31. The first-order valence-corrected chi connectivity index (χ1v) is 10.9. The first-order valence-electron chi connectivity index (χ1n) is 9.72. The average molecular weight is 453 g/mol. The summed E-state index contributed by atoms with van der Waals surface area (Å²) in [5.41, 5.74) is 2.54. The van der Waals surface area contributed by atoms with E-state index in [1.54, 1.807) is 6.20 Å². The van der Waals surface area contributed by atoms with Crippen LogP contribution >= 0.6 is 22.9 Å². The molecular weight excluding hydrogens is 436 g/mol. The number of rotatable bonds is 5. The third kappa shape index (κ3) is 4.04. The van der Waals surface area contributed by atoms with Gasteiger partial charge in [-0.15, -0.1) is 11.3 Å². The molecule has 7 nitrogen and oxygen atoms in total. The number of amides is 1. The molecule has 5 rings (SSSR count). The summed E-state index contributed by atoms with van der Waals surface area (Å²) in [7, 11) is 0. The summed E-state index contributed by atoms with van der Waals surface area (Å²) in [6, 6.07) is 11.5. The third-order valence-corrected chi connectivity index (χ3v) is 6.09. The second-order valence-electron chi connectivity index (χ2n) is 6.85. The molecule has 1 aliphatic rings. The van der Waals surface area contributed by atoms with Gasteiger partial charge in [-0.2, -0.15) is 0 Å². The normalized spacial score (nSPS) is 12.7. The van der Waals surface area contributed by atoms with Crippen LogP contribution in [-0.4, -0.2) is 40.6 Å². The molecule has 9 heteroatoms. The maximum absolute atomic E-state index is 12.8. The van der Waals surface area contributed by atoms with Gasteiger partial charge in [-0.05, 0) is 36.2 Å². The lowest BCUT2D eigenvalue weighted by atomic mass is 10.1. The van der Waals surface area contributed by atoms with Crippen molar-refractivity contribution >= 4 is 39.1 Å². The Bertz CT molecular complexity index is 1240. The number of fused-ring (bicyclic) bond motifs is 2. The number of nitrogens with zero attached hydrogens (tertiary/aromatic N) is 3. The summed E-state index contributed by atoms with van der Waals surface area (Å²) in [6.07, 6.45) is 3.65. The zero-order valence-electron chi connectivity index (χ0n) is 16.3. The number of benzene rings is 2. The Morgan fingerprint density at radius 1 is 1.13 bits per heavy atom. The average Bonchev–Trinajstić information content (AvgIpc) is 3.23. The second kappa shape index (κ2) is 8.49. The van der Waals surface area contributed by atoms with Crippen LogP contribution in [0.15, 0.2) is 48.8 Å². The highest BCUT2D eigenvalue weighted by molar-refractivity contribution is 7.21. The Morgan fingerprint density at radius 3 is 2.87 bits per heavy atom. The molecule has 0 spiro atoms. The van der Waals surface area contributed by atoms with E-state index in [2.05, 4.69) is 20.3 Å². The fraction of sp³-hybridized carbons (Fsp3) is 0.182. The van der Waals surface area contributed by atoms with Gasteiger partial charge in [-0.25, -0.2) is 15.0 Å². The van der Waals surface area contributed by atoms with E-state index in [1.807, 2.05) is 36.4 Å². The Labute approximate surface area is 187 Å². The number of ether oxygens (including phenoxy) is 2. The van der Waals surface area contributed by atoms with Gasteiger partial charge in [0.1, 0.15) is 23.9 Å². The molecule has 1 aliphatic heterocycles. The lowest BCUT2D eigenvalue weighted by Gasteiger charge is -2.20. The van der Waals surface area contributed by atoms with Crippen molar-refractivity contribution in [1.29, 1.82) is 0 Å². The molecule has 0 saturated heterocycles. The molecule has 156 valence electrons. The van der Waals surface area contributed by atoms with Gasteiger partial charge in [-0.3, -0.25) is 4.79 Å². The molecule has 2 aromatic heterocycles. The third-order valence-electron chi connectivity index (χ3n) is 4.77. The minimum absolute atomic E-state index is 0.252. The molecule has 0 saturated carbocycles. The van der Waals surface area contributed by atoms with Gasteiger partial charge in [0.2, 0.25) is 0 Å². The molecule has 0 radical (unpaired) electrons. The molecule has 2 aromatic carbocycles. The summed E-state index contributed by atoms with van der Waals surface area (Å²) in [5, 5.41) is 4.08. The zero-order chi connectivity index (χ0) is 21.2. The van der Waals surface area contributed by atoms with Crippen LogP contribution in [0.5, 0.6) is 11.5 Å². The Hall–Kier alpha value is -3.23. The minimum Gasteiger partial charge on any atom is -0.486 e. The number of halogens is 1. The topological polar surface area (TPSA) is 86.2 Å². The van der Waals surface area contributed by atoms with Crippen LogP contribution in [0.2, 0.25) is 5.02 Å². The van der Waals surface area contributed by atoms with Crippen LogP contribution in [0.4, 0.5) is 0 Å². The Morgan fingerprint density at radius 2 is 1.97 bits per heavy atom. The van der Waals surface area contributed by atoms with Gasteiger partial charge >= 0.3 is 0 Å². The number of hydrogen-bond acceptors (Lipinski definition) is 7. The lowest BCUT2D eigenvalue weighted by molar-refractivity contribution is 0.0949. The molecule has 3 heterocycles. The molecule has 1 N–H and O–H groups in total. The quantitative estimate of drug-likeness (QED) is 0.489. The molecule has 0 bridgehead atoms. The summed E-state index contributed by atoms with van der Waals surface area (Å²) in [4.78, 5) is 26.1. The van der Waals surface area contributed by atoms with E-state index in [0.29, 0.717) is 53.4 Å². The van der Waals surface area contributed by atoms with E-state index in [9.17, 15) is 4.79 Å². The maximum atomic E-state index is 12.8. The molecule has 1 amide bonds. The van der Waals surface area contributed by atoms with E-state index >= 15 is 0 Å². The number of nitrogens with one attached hydrogen (secondary N) is 1. The van der Waals surface area contributed by atoms with E-state index in [4.69, 9.17) is 21.1 Å². The van der Waals surface area contributed by atoms with Gasteiger partial charge in [0, 0.05) is 18.9 Å². The molecule has 0 aliphatic carbocycles. The van der Waals surface area contributed by atoms with Gasteiger partial charge in [0.15, 0.2) is 17.2 Å². The standard InChI is InChI=1S/C22H17ClN4O3S/c23-14-11-13(12-16-20(14)30-10-9-29-16)5-6-26-21(28)18-19(25-8-7-24-18)22-27-15-3-1-2-4-17(15)31-22/h1-4,7-8,11-12H,5-6,9-10H2,(H,26,28). The van der Waals surface area contributed by atoms with E-state index in [0.717, 1.165) is 15.8 Å². The van der Waals surface area contributed by atoms with Crippen LogP contribution in [0.3, 0.4) is 0 Å². The van der Waals surface area contributed by atoms with E-state index in [1.165, 1.54) is 17.5 Å². The largest absolute Gasteiger partial charge is 0.486 e. The van der Waals surface area contributed by atoms with Gasteiger partial charge < -0.3 is 14.8 Å². The summed E-state index contributed by atoms with van der Waals surface area (Å²) < 4.78 is 12.2. The molecular formula is C22H17ClN4O3S. The van der Waals surface area contributed by atoms with Gasteiger partial charge in [0.05, 0.1) is 15.2 Å². The highest BCUT2D eigenvalue weighted by Gasteiger charge is 2.19. The predicted molar refractivity (Wildman–Crippen MR) is 119 cm³/mol.